The van der Waals surface area contributed by atoms with Crippen LogP contribution in [0.15, 0.2) is 0 Å². The molecule has 0 amide bonds. The fourth-order valence-electron chi connectivity index (χ4n) is 0.600. The fraction of sp³-hybridized carbons (Fsp3) is 0.600. The van der Waals surface area contributed by atoms with Gasteiger partial charge >= 0.3 is 8.60 Å². The summed E-state index contributed by atoms with van der Waals surface area (Å²) in [5, 5.41) is 0. The quantitative estimate of drug-likeness (QED) is 0.575. The molecule has 0 spiro atoms. The second-order valence-electron chi connectivity index (χ2n) is 4.70. The summed E-state index contributed by atoms with van der Waals surface area (Å²) in [7, 11) is -1.67. The largest absolute Gasteiger partial charge is 0.557 e. The monoisotopic (exact) mass is 280 g/mol. The predicted octanol–water partition coefficient (Wildman–Crippen LogP) is 4.11. The van der Waals surface area contributed by atoms with Gasteiger partial charge in [0.2, 0.25) is 0 Å². The van der Waals surface area contributed by atoms with Crippen molar-refractivity contribution in [3.8, 4) is 36.1 Å². The van der Waals surface area contributed by atoms with Gasteiger partial charge in [-0.1, -0.05) is 59.3 Å². The molecule has 0 heterocycles. The van der Waals surface area contributed by atoms with E-state index in [0.29, 0.717) is 0 Å². The third-order valence-corrected chi connectivity index (χ3v) is 2.12. The average Bonchev–Trinajstić information content (AvgIpc) is 2.26. The van der Waals surface area contributed by atoms with Crippen molar-refractivity contribution >= 4 is 8.60 Å². The van der Waals surface area contributed by atoms with Crippen molar-refractivity contribution in [2.24, 2.45) is 17.8 Å². The highest BCUT2D eigenvalue weighted by molar-refractivity contribution is 7.42. The lowest BCUT2D eigenvalue weighted by molar-refractivity contribution is 0.339. The first kappa shape index (κ1) is 17.5. The predicted molar refractivity (Wildman–Crippen MR) is 78.0 cm³/mol. The first-order valence-electron chi connectivity index (χ1n) is 6.24. The van der Waals surface area contributed by atoms with Crippen LogP contribution in [0.3, 0.4) is 0 Å². The van der Waals surface area contributed by atoms with E-state index < -0.39 is 8.60 Å². The minimum Gasteiger partial charge on any atom is -0.354 e. The van der Waals surface area contributed by atoms with Crippen molar-refractivity contribution in [1.29, 1.82) is 0 Å². The molecule has 0 N–H and O–H groups in total. The Morgan fingerprint density at radius 3 is 1.05 bits per heavy atom. The van der Waals surface area contributed by atoms with Gasteiger partial charge in [-0.05, 0) is 0 Å². The van der Waals surface area contributed by atoms with Gasteiger partial charge in [0.25, 0.3) is 0 Å². The van der Waals surface area contributed by atoms with E-state index in [2.05, 4.69) is 36.1 Å². The first-order valence-corrected chi connectivity index (χ1v) is 7.34. The van der Waals surface area contributed by atoms with Crippen LogP contribution < -0.4 is 0 Å². The highest BCUT2D eigenvalue weighted by Crippen LogP contribution is 2.38. The minimum absolute atomic E-state index is 0.223. The zero-order chi connectivity index (χ0) is 14.7. The Balaban J connectivity index is 4.46. The average molecular weight is 280 g/mol. The third kappa shape index (κ3) is 12.8. The van der Waals surface area contributed by atoms with E-state index in [1.165, 1.54) is 0 Å². The van der Waals surface area contributed by atoms with E-state index in [-0.39, 0.29) is 17.8 Å². The molecule has 0 unspecified atom stereocenters. The summed E-state index contributed by atoms with van der Waals surface area (Å²) in [4.78, 5) is 0. The summed E-state index contributed by atoms with van der Waals surface area (Å²) in [6.45, 7) is 11.8. The molecule has 0 aromatic rings. The Kier molecular flexibility index (Phi) is 9.62. The normalized spacial score (nSPS) is 9.16. The van der Waals surface area contributed by atoms with Crippen LogP contribution in [0, 0.1) is 53.8 Å². The molecule has 0 bridgehead atoms. The molecule has 0 aromatic carbocycles. The smallest absolute Gasteiger partial charge is 0.354 e. The molecule has 0 radical (unpaired) electrons. The standard InChI is InChI=1S/C15H21O3P/c1-13(2)7-10-16-19(17-11-8-14(3)4)18-12-9-15(5)6/h13-15H,1-6H3. The third-order valence-electron chi connectivity index (χ3n) is 1.40. The van der Waals surface area contributed by atoms with E-state index in [0.717, 1.165) is 0 Å². The first-order chi connectivity index (χ1) is 8.91. The molecule has 0 fully saturated rings. The van der Waals surface area contributed by atoms with E-state index >= 15 is 0 Å². The molecule has 0 aliphatic rings. The van der Waals surface area contributed by atoms with Crippen LogP contribution in [0.4, 0.5) is 0 Å². The molecule has 3 nitrogen and oxygen atoms in total. The number of rotatable bonds is 3. The van der Waals surface area contributed by atoms with Gasteiger partial charge in [-0.25, -0.2) is 0 Å². The molecular weight excluding hydrogens is 259 g/mol. The molecule has 4 heteroatoms. The minimum atomic E-state index is -1.67. The van der Waals surface area contributed by atoms with Crippen LogP contribution in [0.5, 0.6) is 0 Å². The van der Waals surface area contributed by atoms with Crippen LogP contribution in [0.2, 0.25) is 0 Å². The molecule has 0 saturated heterocycles. The Hall–Kier alpha value is -1.49. The van der Waals surface area contributed by atoms with Gasteiger partial charge in [0, 0.05) is 17.8 Å². The molecule has 0 aromatic heterocycles. The topological polar surface area (TPSA) is 27.7 Å². The lowest BCUT2D eigenvalue weighted by Gasteiger charge is -2.05. The van der Waals surface area contributed by atoms with Crippen molar-refractivity contribution in [3.05, 3.63) is 0 Å². The van der Waals surface area contributed by atoms with E-state index in [9.17, 15) is 0 Å². The fourth-order valence-corrected chi connectivity index (χ4v) is 1.09. The molecule has 104 valence electrons. The Bertz CT molecular complexity index is 355. The summed E-state index contributed by atoms with van der Waals surface area (Å²) in [6, 6.07) is 0. The molecule has 0 atom stereocenters. The van der Waals surface area contributed by atoms with Crippen LogP contribution in [-0.4, -0.2) is 0 Å². The van der Waals surface area contributed by atoms with Gasteiger partial charge in [0.1, 0.15) is 18.3 Å². The summed E-state index contributed by atoms with van der Waals surface area (Å²) in [5.41, 5.74) is 0. The highest BCUT2D eigenvalue weighted by Gasteiger charge is 2.13. The lowest BCUT2D eigenvalue weighted by atomic mass is 10.2. The molecule has 0 saturated carbocycles. The van der Waals surface area contributed by atoms with Crippen molar-refractivity contribution in [2.45, 2.75) is 41.5 Å². The molecule has 0 aliphatic heterocycles. The Labute approximate surface area is 118 Å². The summed E-state index contributed by atoms with van der Waals surface area (Å²) in [6.07, 6.45) is 7.66. The SMILES string of the molecule is CC(C)C#COP(OC#CC(C)C)OC#CC(C)C. The van der Waals surface area contributed by atoms with Gasteiger partial charge in [0.05, 0.1) is 0 Å². The maximum atomic E-state index is 5.17. The zero-order valence-corrected chi connectivity index (χ0v) is 13.3. The van der Waals surface area contributed by atoms with E-state index in [1.807, 2.05) is 41.5 Å². The summed E-state index contributed by atoms with van der Waals surface area (Å²) < 4.78 is 15.5. The van der Waals surface area contributed by atoms with Gasteiger partial charge in [0.15, 0.2) is 0 Å². The van der Waals surface area contributed by atoms with Crippen LogP contribution in [-0.2, 0) is 13.6 Å². The molecule has 19 heavy (non-hydrogen) atoms. The van der Waals surface area contributed by atoms with Crippen LogP contribution in [0.25, 0.3) is 0 Å². The van der Waals surface area contributed by atoms with Gasteiger partial charge < -0.3 is 13.6 Å². The second-order valence-corrected chi connectivity index (χ2v) is 5.70. The zero-order valence-electron chi connectivity index (χ0n) is 12.4. The molecule has 0 rings (SSSR count). The number of hydrogen-bond acceptors (Lipinski definition) is 3. The highest BCUT2D eigenvalue weighted by atomic mass is 31.2. The maximum absolute atomic E-state index is 5.17. The summed E-state index contributed by atoms with van der Waals surface area (Å²) in [5.74, 6) is 9.25. The van der Waals surface area contributed by atoms with Crippen LogP contribution >= 0.6 is 8.60 Å². The lowest BCUT2D eigenvalue weighted by Crippen LogP contribution is -1.87. The Morgan fingerprint density at radius 1 is 0.579 bits per heavy atom. The maximum Gasteiger partial charge on any atom is 0.557 e. The second kappa shape index (κ2) is 10.4. The molecule has 0 aliphatic carbocycles. The van der Waals surface area contributed by atoms with E-state index in [4.69, 9.17) is 13.6 Å². The number of hydrogen-bond donors (Lipinski definition) is 0. The van der Waals surface area contributed by atoms with Gasteiger partial charge in [-0.2, -0.15) is 0 Å². The van der Waals surface area contributed by atoms with Crippen molar-refractivity contribution in [1.82, 2.24) is 0 Å². The molecular formula is C15H21O3P. The van der Waals surface area contributed by atoms with Gasteiger partial charge in [-0.15, -0.1) is 0 Å². The van der Waals surface area contributed by atoms with Crippen molar-refractivity contribution in [2.75, 3.05) is 0 Å². The van der Waals surface area contributed by atoms with Crippen molar-refractivity contribution in [3.63, 3.8) is 0 Å². The van der Waals surface area contributed by atoms with Crippen molar-refractivity contribution < 1.29 is 13.6 Å². The van der Waals surface area contributed by atoms with E-state index in [1.54, 1.807) is 0 Å². The summed E-state index contributed by atoms with van der Waals surface area (Å²) >= 11 is 0. The van der Waals surface area contributed by atoms with Crippen LogP contribution in [0.1, 0.15) is 41.5 Å². The van der Waals surface area contributed by atoms with Gasteiger partial charge in [-0.3, -0.25) is 0 Å². The Morgan fingerprint density at radius 2 is 0.842 bits per heavy atom.